The van der Waals surface area contributed by atoms with E-state index >= 15 is 0 Å². The molecule has 3 heteroatoms. The Hall–Kier alpha value is -0.380. The maximum absolute atomic E-state index is 9.92. The van der Waals surface area contributed by atoms with Crippen molar-refractivity contribution in [1.29, 1.82) is 0 Å². The molecule has 82 valence electrons. The molecule has 1 aliphatic heterocycles. The van der Waals surface area contributed by atoms with Gasteiger partial charge in [0.25, 0.3) is 0 Å². The van der Waals surface area contributed by atoms with Crippen molar-refractivity contribution in [2.45, 2.75) is 38.9 Å². The summed E-state index contributed by atoms with van der Waals surface area (Å²) in [6.45, 7) is 6.08. The fourth-order valence-electron chi connectivity index (χ4n) is 1.73. The minimum atomic E-state index is -0.513. The first kappa shape index (κ1) is 11.7. The first-order valence-electron chi connectivity index (χ1n) is 5.02. The molecular formula is C11H20O3. The van der Waals surface area contributed by atoms with Crippen LogP contribution >= 0.6 is 0 Å². The van der Waals surface area contributed by atoms with Gasteiger partial charge < -0.3 is 14.9 Å². The van der Waals surface area contributed by atoms with Crippen molar-refractivity contribution >= 4 is 0 Å². The second-order valence-electron chi connectivity index (χ2n) is 4.63. The van der Waals surface area contributed by atoms with Crippen LogP contribution in [0.15, 0.2) is 12.2 Å². The summed E-state index contributed by atoms with van der Waals surface area (Å²) >= 11 is 0. The van der Waals surface area contributed by atoms with Crippen molar-refractivity contribution in [3.05, 3.63) is 12.2 Å². The van der Waals surface area contributed by atoms with E-state index in [2.05, 4.69) is 0 Å². The van der Waals surface area contributed by atoms with Crippen LogP contribution in [0.25, 0.3) is 0 Å². The number of ether oxygens (including phenoxy) is 1. The molecule has 0 radical (unpaired) electrons. The van der Waals surface area contributed by atoms with E-state index < -0.39 is 11.5 Å². The average molecular weight is 200 g/mol. The number of allylic oxidation sites excluding steroid dienone is 1. The highest BCUT2D eigenvalue weighted by molar-refractivity contribution is 5.04. The summed E-state index contributed by atoms with van der Waals surface area (Å²) < 4.78 is 5.68. The third-order valence-electron chi connectivity index (χ3n) is 3.02. The molecule has 0 aliphatic carbocycles. The third-order valence-corrected chi connectivity index (χ3v) is 3.02. The van der Waals surface area contributed by atoms with Crippen LogP contribution in [0, 0.1) is 5.41 Å². The fraction of sp³-hybridized carbons (Fsp3) is 0.818. The first-order valence-corrected chi connectivity index (χ1v) is 5.02. The highest BCUT2D eigenvalue weighted by atomic mass is 16.5. The zero-order valence-corrected chi connectivity index (χ0v) is 9.16. The SMILES string of the molecule is C/C=C/C1(C)CC(O)C(C)(CO)CO1. The highest BCUT2D eigenvalue weighted by Gasteiger charge is 2.43. The predicted molar refractivity (Wildman–Crippen MR) is 55.0 cm³/mol. The first-order chi connectivity index (χ1) is 6.46. The standard InChI is InChI=1S/C11H20O3/c1-4-5-11(3)6-9(13)10(2,7-12)8-14-11/h4-5,9,12-13H,6-8H2,1-3H3/b5-4+. The number of rotatable bonds is 2. The third kappa shape index (κ3) is 2.16. The maximum atomic E-state index is 9.92. The molecule has 0 spiro atoms. The molecule has 3 atom stereocenters. The number of hydrogen-bond donors (Lipinski definition) is 2. The summed E-state index contributed by atoms with van der Waals surface area (Å²) in [5, 5.41) is 19.1. The number of aliphatic hydroxyl groups is 2. The van der Waals surface area contributed by atoms with Crippen LogP contribution in [0.4, 0.5) is 0 Å². The molecule has 3 unspecified atom stereocenters. The van der Waals surface area contributed by atoms with Crippen LogP contribution in [0.5, 0.6) is 0 Å². The molecule has 0 bridgehead atoms. The fourth-order valence-corrected chi connectivity index (χ4v) is 1.73. The summed E-state index contributed by atoms with van der Waals surface area (Å²) in [7, 11) is 0. The molecule has 3 nitrogen and oxygen atoms in total. The van der Waals surface area contributed by atoms with E-state index in [0.717, 1.165) is 0 Å². The Morgan fingerprint density at radius 2 is 2.14 bits per heavy atom. The summed E-state index contributed by atoms with van der Waals surface area (Å²) in [4.78, 5) is 0. The van der Waals surface area contributed by atoms with Crippen molar-refractivity contribution in [3.8, 4) is 0 Å². The molecule has 0 aromatic rings. The Kier molecular flexibility index (Phi) is 3.35. The second-order valence-corrected chi connectivity index (χ2v) is 4.63. The van der Waals surface area contributed by atoms with Crippen LogP contribution in [-0.4, -0.2) is 35.1 Å². The number of hydrogen-bond acceptors (Lipinski definition) is 3. The van der Waals surface area contributed by atoms with E-state index in [-0.39, 0.29) is 12.2 Å². The van der Waals surface area contributed by atoms with Gasteiger partial charge in [0.2, 0.25) is 0 Å². The predicted octanol–water partition coefficient (Wildman–Crippen LogP) is 1.10. The van der Waals surface area contributed by atoms with Crippen LogP contribution in [0.1, 0.15) is 27.2 Å². The van der Waals surface area contributed by atoms with Gasteiger partial charge in [-0.1, -0.05) is 19.1 Å². The van der Waals surface area contributed by atoms with E-state index in [4.69, 9.17) is 9.84 Å². The van der Waals surface area contributed by atoms with E-state index in [1.165, 1.54) is 0 Å². The molecule has 0 aromatic carbocycles. The van der Waals surface area contributed by atoms with Crippen molar-refractivity contribution in [2.24, 2.45) is 5.41 Å². The smallest absolute Gasteiger partial charge is 0.0859 e. The van der Waals surface area contributed by atoms with Crippen molar-refractivity contribution < 1.29 is 14.9 Å². The molecule has 14 heavy (non-hydrogen) atoms. The lowest BCUT2D eigenvalue weighted by Crippen LogP contribution is -2.51. The lowest BCUT2D eigenvalue weighted by molar-refractivity contribution is -0.167. The minimum absolute atomic E-state index is 0.0416. The van der Waals surface area contributed by atoms with Crippen molar-refractivity contribution in [1.82, 2.24) is 0 Å². The van der Waals surface area contributed by atoms with Crippen LogP contribution in [-0.2, 0) is 4.74 Å². The molecule has 2 N–H and O–H groups in total. The Morgan fingerprint density at radius 1 is 1.50 bits per heavy atom. The van der Waals surface area contributed by atoms with Gasteiger partial charge in [-0.3, -0.25) is 0 Å². The zero-order chi connectivity index (χ0) is 10.8. The lowest BCUT2D eigenvalue weighted by Gasteiger charge is -2.44. The van der Waals surface area contributed by atoms with Gasteiger partial charge >= 0.3 is 0 Å². The average Bonchev–Trinajstić information content (AvgIpc) is 2.13. The maximum Gasteiger partial charge on any atom is 0.0859 e. The topological polar surface area (TPSA) is 49.7 Å². The van der Waals surface area contributed by atoms with E-state index in [1.807, 2.05) is 32.9 Å². The monoisotopic (exact) mass is 200 g/mol. The molecule has 1 saturated heterocycles. The Bertz CT molecular complexity index is 227. The largest absolute Gasteiger partial charge is 0.396 e. The van der Waals surface area contributed by atoms with Gasteiger partial charge in [-0.05, 0) is 13.8 Å². The highest BCUT2D eigenvalue weighted by Crippen LogP contribution is 2.36. The summed E-state index contributed by atoms with van der Waals surface area (Å²) in [6.07, 6.45) is 3.90. The Labute approximate surface area is 85.4 Å². The van der Waals surface area contributed by atoms with E-state index in [0.29, 0.717) is 13.0 Å². The summed E-state index contributed by atoms with van der Waals surface area (Å²) in [5.41, 5.74) is -0.899. The van der Waals surface area contributed by atoms with Crippen molar-refractivity contribution in [2.75, 3.05) is 13.2 Å². The van der Waals surface area contributed by atoms with Gasteiger partial charge in [-0.15, -0.1) is 0 Å². The quantitative estimate of drug-likeness (QED) is 0.656. The van der Waals surface area contributed by atoms with Gasteiger partial charge in [0, 0.05) is 11.8 Å². The molecule has 0 aromatic heterocycles. The van der Waals surface area contributed by atoms with Crippen LogP contribution < -0.4 is 0 Å². The van der Waals surface area contributed by atoms with Gasteiger partial charge in [0.05, 0.1) is 24.9 Å². The molecule has 1 aliphatic rings. The van der Waals surface area contributed by atoms with E-state index in [1.54, 1.807) is 0 Å². The Morgan fingerprint density at radius 3 is 2.57 bits per heavy atom. The summed E-state index contributed by atoms with van der Waals surface area (Å²) in [5.74, 6) is 0. The second kappa shape index (κ2) is 4.01. The van der Waals surface area contributed by atoms with E-state index in [9.17, 15) is 5.11 Å². The molecule has 0 amide bonds. The van der Waals surface area contributed by atoms with Gasteiger partial charge in [-0.25, -0.2) is 0 Å². The molecule has 1 heterocycles. The Balaban J connectivity index is 2.72. The molecular weight excluding hydrogens is 180 g/mol. The molecule has 1 fully saturated rings. The number of aliphatic hydroxyl groups excluding tert-OH is 2. The summed E-state index contributed by atoms with van der Waals surface area (Å²) in [6, 6.07) is 0. The molecule has 0 saturated carbocycles. The normalized spacial score (nSPS) is 44.5. The molecule has 1 rings (SSSR count). The van der Waals surface area contributed by atoms with Crippen molar-refractivity contribution in [3.63, 3.8) is 0 Å². The minimum Gasteiger partial charge on any atom is -0.396 e. The van der Waals surface area contributed by atoms with Crippen LogP contribution in [0.2, 0.25) is 0 Å². The van der Waals surface area contributed by atoms with Gasteiger partial charge in [0.1, 0.15) is 0 Å². The zero-order valence-electron chi connectivity index (χ0n) is 9.16. The van der Waals surface area contributed by atoms with Gasteiger partial charge in [-0.2, -0.15) is 0 Å². The van der Waals surface area contributed by atoms with Crippen LogP contribution in [0.3, 0.4) is 0 Å². The lowest BCUT2D eigenvalue weighted by atomic mass is 9.77. The van der Waals surface area contributed by atoms with Gasteiger partial charge in [0.15, 0.2) is 0 Å².